The molecule has 142 valence electrons. The van der Waals surface area contributed by atoms with Gasteiger partial charge in [0.2, 0.25) is 5.91 Å². The molecule has 0 bridgehead atoms. The zero-order chi connectivity index (χ0) is 19.1. The molecule has 0 spiro atoms. The molecule has 0 saturated carbocycles. The van der Waals surface area contributed by atoms with Gasteiger partial charge < -0.3 is 30.7 Å². The molecule has 1 aliphatic heterocycles. The van der Waals surface area contributed by atoms with Crippen LogP contribution in [-0.2, 0) is 15.3 Å². The SMILES string of the molecule is CN(C)C(=O)CC[C@@]1(n2cnc3c(N)ncnc32)O[C@H](CO)[C@@H](O)[C@H]1O. The number of nitrogen functional groups attached to an aromatic ring is 1. The van der Waals surface area contributed by atoms with Crippen molar-refractivity contribution in [1.29, 1.82) is 0 Å². The van der Waals surface area contributed by atoms with Gasteiger partial charge in [-0.3, -0.25) is 9.36 Å². The third kappa shape index (κ3) is 2.78. The number of anilines is 1. The Hall–Kier alpha value is -2.34. The number of ether oxygens (including phenoxy) is 1. The lowest BCUT2D eigenvalue weighted by molar-refractivity contribution is -0.156. The molecule has 1 aliphatic rings. The number of hydrogen-bond acceptors (Lipinski definition) is 9. The number of aromatic nitrogens is 4. The number of imidazole rings is 1. The molecule has 11 heteroatoms. The summed E-state index contributed by atoms with van der Waals surface area (Å²) in [4.78, 5) is 25.7. The average Bonchev–Trinajstić information content (AvgIpc) is 3.15. The number of hydrogen-bond donors (Lipinski definition) is 4. The van der Waals surface area contributed by atoms with E-state index in [2.05, 4.69) is 15.0 Å². The second-order valence-electron chi connectivity index (χ2n) is 6.45. The maximum Gasteiger partial charge on any atom is 0.222 e. The Morgan fingerprint density at radius 1 is 1.38 bits per heavy atom. The fraction of sp³-hybridized carbons (Fsp3) is 0.600. The van der Waals surface area contributed by atoms with E-state index in [-0.39, 0.29) is 24.6 Å². The van der Waals surface area contributed by atoms with Gasteiger partial charge in [-0.15, -0.1) is 0 Å². The van der Waals surface area contributed by atoms with Gasteiger partial charge in [0, 0.05) is 26.9 Å². The van der Waals surface area contributed by atoms with E-state index in [0.717, 1.165) is 0 Å². The average molecular weight is 366 g/mol. The second-order valence-corrected chi connectivity index (χ2v) is 6.45. The first kappa shape index (κ1) is 18.5. The van der Waals surface area contributed by atoms with E-state index in [1.807, 2.05) is 0 Å². The minimum Gasteiger partial charge on any atom is -0.394 e. The number of aliphatic hydroxyl groups is 3. The first-order valence-corrected chi connectivity index (χ1v) is 8.10. The molecule has 2 aromatic rings. The van der Waals surface area contributed by atoms with E-state index in [4.69, 9.17) is 10.5 Å². The quantitative estimate of drug-likeness (QED) is 0.471. The summed E-state index contributed by atoms with van der Waals surface area (Å²) >= 11 is 0. The van der Waals surface area contributed by atoms with Gasteiger partial charge in [0.05, 0.1) is 12.9 Å². The van der Waals surface area contributed by atoms with Crippen molar-refractivity contribution in [2.45, 2.75) is 36.9 Å². The molecule has 1 saturated heterocycles. The lowest BCUT2D eigenvalue weighted by Crippen LogP contribution is -2.46. The van der Waals surface area contributed by atoms with E-state index >= 15 is 0 Å². The van der Waals surface area contributed by atoms with Crippen LogP contribution in [0.25, 0.3) is 11.2 Å². The lowest BCUT2D eigenvalue weighted by atomic mass is 9.97. The zero-order valence-corrected chi connectivity index (χ0v) is 14.5. The third-order valence-electron chi connectivity index (χ3n) is 4.67. The summed E-state index contributed by atoms with van der Waals surface area (Å²) in [6.07, 6.45) is -1.09. The van der Waals surface area contributed by atoms with Crippen LogP contribution in [0.15, 0.2) is 12.7 Å². The first-order valence-electron chi connectivity index (χ1n) is 8.10. The summed E-state index contributed by atoms with van der Waals surface area (Å²) in [6, 6.07) is 0. The van der Waals surface area contributed by atoms with Gasteiger partial charge >= 0.3 is 0 Å². The van der Waals surface area contributed by atoms with Crippen LogP contribution < -0.4 is 5.73 Å². The van der Waals surface area contributed by atoms with Gasteiger partial charge in [-0.05, 0) is 0 Å². The molecule has 1 fully saturated rings. The maximum atomic E-state index is 12.1. The van der Waals surface area contributed by atoms with Gasteiger partial charge in [0.1, 0.15) is 30.2 Å². The molecule has 2 aromatic heterocycles. The highest BCUT2D eigenvalue weighted by molar-refractivity contribution is 5.81. The van der Waals surface area contributed by atoms with E-state index < -0.39 is 30.6 Å². The van der Waals surface area contributed by atoms with Gasteiger partial charge in [-0.25, -0.2) is 15.0 Å². The van der Waals surface area contributed by atoms with Crippen LogP contribution in [0.4, 0.5) is 5.82 Å². The van der Waals surface area contributed by atoms with Crippen molar-refractivity contribution in [3.63, 3.8) is 0 Å². The van der Waals surface area contributed by atoms with Gasteiger partial charge in [-0.1, -0.05) is 0 Å². The van der Waals surface area contributed by atoms with Gasteiger partial charge in [0.25, 0.3) is 0 Å². The van der Waals surface area contributed by atoms with E-state index in [0.29, 0.717) is 11.2 Å². The number of aliphatic hydroxyl groups excluding tert-OH is 3. The molecule has 0 aliphatic carbocycles. The normalized spacial score (nSPS) is 28.6. The highest BCUT2D eigenvalue weighted by atomic mass is 16.6. The largest absolute Gasteiger partial charge is 0.394 e. The minimum atomic E-state index is -1.53. The Balaban J connectivity index is 2.08. The molecule has 0 unspecified atom stereocenters. The summed E-state index contributed by atoms with van der Waals surface area (Å²) < 4.78 is 7.28. The van der Waals surface area contributed by atoms with Gasteiger partial charge in [-0.2, -0.15) is 0 Å². The molecule has 26 heavy (non-hydrogen) atoms. The fourth-order valence-corrected chi connectivity index (χ4v) is 3.18. The summed E-state index contributed by atoms with van der Waals surface area (Å²) in [5.41, 5.74) is 4.87. The van der Waals surface area contributed by atoms with Crippen LogP contribution in [0, 0.1) is 0 Å². The summed E-state index contributed by atoms with van der Waals surface area (Å²) in [6.45, 7) is -0.495. The summed E-state index contributed by atoms with van der Waals surface area (Å²) in [7, 11) is 3.24. The van der Waals surface area contributed by atoms with Crippen LogP contribution in [0.5, 0.6) is 0 Å². The molecule has 1 amide bonds. The number of nitrogens with two attached hydrogens (primary N) is 1. The molecule has 3 rings (SSSR count). The van der Waals surface area contributed by atoms with E-state index in [1.165, 1.54) is 22.1 Å². The van der Waals surface area contributed by atoms with Crippen molar-refractivity contribution in [3.05, 3.63) is 12.7 Å². The van der Waals surface area contributed by atoms with Gasteiger partial charge in [0.15, 0.2) is 17.2 Å². The minimum absolute atomic E-state index is 0.0358. The number of fused-ring (bicyclic) bond motifs is 1. The monoisotopic (exact) mass is 366 g/mol. The van der Waals surface area contributed by atoms with Crippen molar-refractivity contribution in [1.82, 2.24) is 24.4 Å². The number of amides is 1. The Morgan fingerprint density at radius 2 is 2.12 bits per heavy atom. The van der Waals surface area contributed by atoms with Crippen LogP contribution in [0.3, 0.4) is 0 Å². The Kier molecular flexibility index (Phi) is 4.80. The molecule has 5 N–H and O–H groups in total. The molecular formula is C15H22N6O5. The Labute approximate surface area is 149 Å². The first-order chi connectivity index (χ1) is 12.3. The van der Waals surface area contributed by atoms with E-state index in [1.54, 1.807) is 14.1 Å². The van der Waals surface area contributed by atoms with Crippen LogP contribution in [0.2, 0.25) is 0 Å². The smallest absolute Gasteiger partial charge is 0.222 e. The van der Waals surface area contributed by atoms with Crippen LogP contribution >= 0.6 is 0 Å². The predicted molar refractivity (Wildman–Crippen MR) is 89.6 cm³/mol. The Morgan fingerprint density at radius 3 is 2.73 bits per heavy atom. The Bertz CT molecular complexity index is 811. The van der Waals surface area contributed by atoms with Crippen LogP contribution in [-0.4, -0.2) is 84.7 Å². The molecule has 4 atom stereocenters. The highest BCUT2D eigenvalue weighted by Crippen LogP contribution is 2.41. The summed E-state index contributed by atoms with van der Waals surface area (Å²) in [5, 5.41) is 30.5. The van der Waals surface area contributed by atoms with Crippen molar-refractivity contribution >= 4 is 22.9 Å². The molecule has 11 nitrogen and oxygen atoms in total. The third-order valence-corrected chi connectivity index (χ3v) is 4.67. The zero-order valence-electron chi connectivity index (χ0n) is 14.5. The van der Waals surface area contributed by atoms with Crippen molar-refractivity contribution in [2.24, 2.45) is 0 Å². The number of carbonyl (C=O) groups excluding carboxylic acids is 1. The number of nitrogens with zero attached hydrogens (tertiary/aromatic N) is 5. The summed E-state index contributed by atoms with van der Waals surface area (Å²) in [5.74, 6) is -0.0271. The number of carbonyl (C=O) groups is 1. The highest BCUT2D eigenvalue weighted by Gasteiger charge is 2.55. The molecule has 0 radical (unpaired) electrons. The lowest BCUT2D eigenvalue weighted by Gasteiger charge is -2.34. The predicted octanol–water partition coefficient (Wildman–Crippen LogP) is -1.96. The maximum absolute atomic E-state index is 12.1. The number of rotatable bonds is 5. The van der Waals surface area contributed by atoms with Crippen molar-refractivity contribution < 1.29 is 24.9 Å². The van der Waals surface area contributed by atoms with Crippen molar-refractivity contribution in [2.75, 3.05) is 26.4 Å². The topological polar surface area (TPSA) is 160 Å². The standard InChI is InChI=1S/C15H22N6O5/c1-20(2)9(23)3-4-15(12(25)11(24)8(5-22)26-15)21-7-19-10-13(16)17-6-18-14(10)21/h6-8,11-12,22,24-25H,3-5H2,1-2H3,(H2,16,17,18)/t8-,11-,12-,15-/m1/s1. The fourth-order valence-electron chi connectivity index (χ4n) is 3.18. The van der Waals surface area contributed by atoms with Crippen molar-refractivity contribution in [3.8, 4) is 0 Å². The molecular weight excluding hydrogens is 344 g/mol. The van der Waals surface area contributed by atoms with Crippen LogP contribution in [0.1, 0.15) is 12.8 Å². The molecule has 0 aromatic carbocycles. The molecule has 3 heterocycles. The second kappa shape index (κ2) is 6.76. The van der Waals surface area contributed by atoms with E-state index in [9.17, 15) is 20.1 Å².